The Morgan fingerprint density at radius 3 is 2.52 bits per heavy atom. The lowest BCUT2D eigenvalue weighted by Crippen LogP contribution is -2.41. The summed E-state index contributed by atoms with van der Waals surface area (Å²) in [6.45, 7) is 4.70. The highest BCUT2D eigenvalue weighted by molar-refractivity contribution is 8.00. The van der Waals surface area contributed by atoms with Crippen molar-refractivity contribution in [3.8, 4) is 0 Å². The third-order valence-corrected chi connectivity index (χ3v) is 5.29. The van der Waals surface area contributed by atoms with Crippen molar-refractivity contribution in [3.05, 3.63) is 30.3 Å². The lowest BCUT2D eigenvalue weighted by molar-refractivity contribution is -0.151. The van der Waals surface area contributed by atoms with Gasteiger partial charge in [-0.15, -0.1) is 11.8 Å². The average molecular weight is 307 g/mol. The number of hydrogen-bond acceptors (Lipinski definition) is 3. The number of nitrogens with zero attached hydrogens (tertiary/aromatic N) is 1. The Morgan fingerprint density at radius 1 is 1.33 bits per heavy atom. The molecule has 1 aromatic carbocycles. The number of thioether (sulfide) groups is 1. The minimum absolute atomic E-state index is 0.0210. The maximum absolute atomic E-state index is 12.3. The summed E-state index contributed by atoms with van der Waals surface area (Å²) in [6.07, 6.45) is 0.543. The summed E-state index contributed by atoms with van der Waals surface area (Å²) >= 11 is 1.49. The molecule has 21 heavy (non-hydrogen) atoms. The maximum Gasteiger partial charge on any atom is 0.311 e. The summed E-state index contributed by atoms with van der Waals surface area (Å²) < 4.78 is 0. The van der Waals surface area contributed by atoms with Gasteiger partial charge in [0.05, 0.1) is 11.2 Å². The van der Waals surface area contributed by atoms with Crippen LogP contribution in [0, 0.1) is 11.3 Å². The predicted octanol–water partition coefficient (Wildman–Crippen LogP) is 2.74. The largest absolute Gasteiger partial charge is 0.481 e. The van der Waals surface area contributed by atoms with E-state index >= 15 is 0 Å². The zero-order chi connectivity index (χ0) is 15.5. The molecule has 0 radical (unpaired) electrons. The molecular formula is C16H21NO3S. The van der Waals surface area contributed by atoms with Gasteiger partial charge >= 0.3 is 5.97 Å². The van der Waals surface area contributed by atoms with Crippen molar-refractivity contribution < 1.29 is 14.7 Å². The van der Waals surface area contributed by atoms with Crippen LogP contribution in [0.2, 0.25) is 0 Å². The lowest BCUT2D eigenvalue weighted by atomic mass is 9.76. The van der Waals surface area contributed by atoms with Crippen LogP contribution >= 0.6 is 11.8 Å². The van der Waals surface area contributed by atoms with Crippen molar-refractivity contribution in [2.45, 2.75) is 25.2 Å². The van der Waals surface area contributed by atoms with Crippen LogP contribution in [0.25, 0.3) is 0 Å². The van der Waals surface area contributed by atoms with E-state index in [9.17, 15) is 14.7 Å². The molecule has 1 unspecified atom stereocenters. The fourth-order valence-corrected chi connectivity index (χ4v) is 3.51. The molecule has 2 rings (SSSR count). The van der Waals surface area contributed by atoms with Crippen LogP contribution in [-0.2, 0) is 9.59 Å². The monoisotopic (exact) mass is 307 g/mol. The molecule has 0 saturated carbocycles. The van der Waals surface area contributed by atoms with Gasteiger partial charge in [0.2, 0.25) is 5.91 Å². The fourth-order valence-electron chi connectivity index (χ4n) is 2.69. The minimum Gasteiger partial charge on any atom is -0.481 e. The van der Waals surface area contributed by atoms with Crippen molar-refractivity contribution in [1.82, 2.24) is 4.90 Å². The molecule has 1 amide bonds. The number of amides is 1. The number of rotatable bonds is 5. The highest BCUT2D eigenvalue weighted by Crippen LogP contribution is 2.38. The molecule has 5 heteroatoms. The Bertz CT molecular complexity index is 518. The van der Waals surface area contributed by atoms with Crippen LogP contribution in [-0.4, -0.2) is 40.7 Å². The normalized spacial score (nSPS) is 21.8. The van der Waals surface area contributed by atoms with E-state index in [1.807, 2.05) is 44.2 Å². The second-order valence-electron chi connectivity index (χ2n) is 5.78. The second-order valence-corrected chi connectivity index (χ2v) is 6.83. The predicted molar refractivity (Wildman–Crippen MR) is 83.3 cm³/mol. The summed E-state index contributed by atoms with van der Waals surface area (Å²) in [6, 6.07) is 9.76. The Morgan fingerprint density at radius 2 is 2.00 bits per heavy atom. The Labute approximate surface area is 129 Å². The topological polar surface area (TPSA) is 57.6 Å². The summed E-state index contributed by atoms with van der Waals surface area (Å²) in [5.41, 5.74) is -0.785. The minimum atomic E-state index is -0.788. The molecule has 114 valence electrons. The average Bonchev–Trinajstić information content (AvgIpc) is 2.92. The fraction of sp³-hybridized carbons (Fsp3) is 0.500. The zero-order valence-electron chi connectivity index (χ0n) is 12.4. The van der Waals surface area contributed by atoms with Crippen LogP contribution in [0.15, 0.2) is 35.2 Å². The molecule has 1 saturated heterocycles. The molecule has 0 aliphatic carbocycles. The second kappa shape index (κ2) is 6.52. The number of aliphatic carboxylic acids is 1. The molecule has 1 heterocycles. The van der Waals surface area contributed by atoms with Crippen molar-refractivity contribution in [3.63, 3.8) is 0 Å². The van der Waals surface area contributed by atoms with Crippen molar-refractivity contribution in [1.29, 1.82) is 0 Å². The van der Waals surface area contributed by atoms with Gasteiger partial charge in [0, 0.05) is 18.0 Å². The van der Waals surface area contributed by atoms with Crippen molar-refractivity contribution in [2.75, 3.05) is 18.8 Å². The number of carboxylic acid groups (broad SMARTS) is 1. The molecule has 0 aromatic heterocycles. The molecule has 1 fully saturated rings. The smallest absolute Gasteiger partial charge is 0.311 e. The summed E-state index contributed by atoms with van der Waals surface area (Å²) in [5, 5.41) is 9.50. The first-order valence-electron chi connectivity index (χ1n) is 7.15. The van der Waals surface area contributed by atoms with E-state index in [1.54, 1.807) is 4.90 Å². The van der Waals surface area contributed by atoms with E-state index < -0.39 is 11.4 Å². The number of carbonyl (C=O) groups is 2. The maximum atomic E-state index is 12.3. The standard InChI is InChI=1S/C16H21NO3S/c1-12(2)16(15(19)20)8-9-17(11-16)14(18)10-21-13-6-4-3-5-7-13/h3-7,12H,8-11H2,1-2H3,(H,19,20). The van der Waals surface area contributed by atoms with E-state index in [0.717, 1.165) is 4.90 Å². The molecule has 4 nitrogen and oxygen atoms in total. The number of carbonyl (C=O) groups excluding carboxylic acids is 1. The Kier molecular flexibility index (Phi) is 4.93. The van der Waals surface area contributed by atoms with E-state index in [1.165, 1.54) is 11.8 Å². The summed E-state index contributed by atoms with van der Waals surface area (Å²) in [4.78, 5) is 26.6. The van der Waals surface area contributed by atoms with Gasteiger partial charge in [-0.2, -0.15) is 0 Å². The van der Waals surface area contributed by atoms with E-state index in [0.29, 0.717) is 25.3 Å². The quantitative estimate of drug-likeness (QED) is 0.850. The molecule has 1 aliphatic heterocycles. The first kappa shape index (κ1) is 15.9. The van der Waals surface area contributed by atoms with Crippen LogP contribution in [0.4, 0.5) is 0 Å². The van der Waals surface area contributed by atoms with Crippen LogP contribution in [0.5, 0.6) is 0 Å². The molecule has 0 bridgehead atoms. The van der Waals surface area contributed by atoms with E-state index in [4.69, 9.17) is 0 Å². The first-order valence-corrected chi connectivity index (χ1v) is 8.13. The van der Waals surface area contributed by atoms with Gasteiger partial charge in [-0.1, -0.05) is 32.0 Å². The molecule has 1 aliphatic rings. The van der Waals surface area contributed by atoms with Crippen LogP contribution < -0.4 is 0 Å². The third-order valence-electron chi connectivity index (χ3n) is 4.29. The van der Waals surface area contributed by atoms with E-state index in [2.05, 4.69) is 0 Å². The van der Waals surface area contributed by atoms with Crippen LogP contribution in [0.1, 0.15) is 20.3 Å². The van der Waals surface area contributed by atoms with Gasteiger partial charge in [-0.3, -0.25) is 9.59 Å². The van der Waals surface area contributed by atoms with Gasteiger partial charge in [0.25, 0.3) is 0 Å². The van der Waals surface area contributed by atoms with Crippen molar-refractivity contribution >= 4 is 23.6 Å². The SMILES string of the molecule is CC(C)C1(C(=O)O)CCN(C(=O)CSc2ccccc2)C1. The zero-order valence-corrected chi connectivity index (χ0v) is 13.2. The highest BCUT2D eigenvalue weighted by Gasteiger charge is 2.48. The van der Waals surface area contributed by atoms with Gasteiger partial charge < -0.3 is 10.0 Å². The third kappa shape index (κ3) is 3.40. The number of benzene rings is 1. The highest BCUT2D eigenvalue weighted by atomic mass is 32.2. The molecule has 1 aromatic rings. The lowest BCUT2D eigenvalue weighted by Gasteiger charge is -2.28. The summed E-state index contributed by atoms with van der Waals surface area (Å²) in [5.74, 6) is -0.386. The first-order chi connectivity index (χ1) is 9.95. The van der Waals surface area contributed by atoms with Gasteiger partial charge in [-0.05, 0) is 24.5 Å². The Hall–Kier alpha value is -1.49. The van der Waals surface area contributed by atoms with Gasteiger partial charge in [0.1, 0.15) is 0 Å². The number of likely N-dealkylation sites (tertiary alicyclic amines) is 1. The van der Waals surface area contributed by atoms with Gasteiger partial charge in [-0.25, -0.2) is 0 Å². The van der Waals surface area contributed by atoms with E-state index in [-0.39, 0.29) is 11.8 Å². The van der Waals surface area contributed by atoms with Crippen LogP contribution in [0.3, 0.4) is 0 Å². The van der Waals surface area contributed by atoms with Gasteiger partial charge in [0.15, 0.2) is 0 Å². The molecule has 1 N–H and O–H groups in total. The molecule has 1 atom stereocenters. The number of carboxylic acids is 1. The van der Waals surface area contributed by atoms with Crippen molar-refractivity contribution in [2.24, 2.45) is 11.3 Å². The Balaban J connectivity index is 1.94. The molecular weight excluding hydrogens is 286 g/mol. The molecule has 0 spiro atoms. The number of hydrogen-bond donors (Lipinski definition) is 1. The summed E-state index contributed by atoms with van der Waals surface area (Å²) in [7, 11) is 0.